The lowest BCUT2D eigenvalue weighted by molar-refractivity contribution is -0.143. The average molecular weight is 293 g/mol. The van der Waals surface area contributed by atoms with Crippen molar-refractivity contribution in [3.05, 3.63) is 36.5 Å². The molecule has 0 amide bonds. The Morgan fingerprint density at radius 3 is 2.05 bits per heavy atom. The van der Waals surface area contributed by atoms with E-state index in [-0.39, 0.29) is 36.0 Å². The van der Waals surface area contributed by atoms with E-state index in [0.717, 1.165) is 5.39 Å². The molecule has 0 aliphatic heterocycles. The average Bonchev–Trinajstić information content (AvgIpc) is 2.38. The molecule has 106 valence electrons. The number of aromatic hydroxyl groups is 1. The Hall–Kier alpha value is -2.10. The van der Waals surface area contributed by atoms with Crippen LogP contribution in [0.3, 0.4) is 0 Å². The van der Waals surface area contributed by atoms with Crippen LogP contribution in [0.2, 0.25) is 0 Å². The van der Waals surface area contributed by atoms with E-state index >= 15 is 0 Å². The van der Waals surface area contributed by atoms with Gasteiger partial charge in [-0.1, -0.05) is 18.2 Å². The Balaban J connectivity index is 0.000000364. The van der Waals surface area contributed by atoms with Gasteiger partial charge >= 0.3 is 11.9 Å². The Kier molecular flexibility index (Phi) is 7.98. The van der Waals surface area contributed by atoms with Crippen LogP contribution in [0.4, 0.5) is 0 Å². The number of benzene rings is 1. The van der Waals surface area contributed by atoms with Crippen molar-refractivity contribution in [1.82, 2.24) is 4.98 Å². The number of carboxylic acid groups (broad SMARTS) is 2. The largest absolute Gasteiger partial charge is 0.506 e. The number of hydrogen-bond donors (Lipinski definition) is 3. The number of para-hydroxylation sites is 1. The minimum Gasteiger partial charge on any atom is -0.506 e. The van der Waals surface area contributed by atoms with Crippen molar-refractivity contribution >= 4 is 40.2 Å². The van der Waals surface area contributed by atoms with Gasteiger partial charge in [0.05, 0.1) is 12.8 Å². The molecule has 0 aliphatic rings. The van der Waals surface area contributed by atoms with Gasteiger partial charge in [0.25, 0.3) is 0 Å². The summed E-state index contributed by atoms with van der Waals surface area (Å²) in [6.45, 7) is 0. The highest BCUT2D eigenvalue weighted by atomic mass is 27.0. The predicted molar refractivity (Wildman–Crippen MR) is 77.9 cm³/mol. The molecule has 1 aromatic carbocycles. The Labute approximate surface area is 125 Å². The zero-order valence-electron chi connectivity index (χ0n) is 9.98. The molecule has 0 aliphatic carbocycles. The number of nitrogens with zero attached hydrogens (tertiary/aromatic N) is 1. The van der Waals surface area contributed by atoms with Crippen LogP contribution in [0.1, 0.15) is 12.8 Å². The van der Waals surface area contributed by atoms with Crippen molar-refractivity contribution in [2.45, 2.75) is 12.8 Å². The lowest BCUT2D eigenvalue weighted by Crippen LogP contribution is -2.00. The quantitative estimate of drug-likeness (QED) is 0.719. The summed E-state index contributed by atoms with van der Waals surface area (Å²) in [6.07, 6.45) is 1.08. The fourth-order valence-corrected chi connectivity index (χ4v) is 1.30. The van der Waals surface area contributed by atoms with Crippen LogP contribution < -0.4 is 0 Å². The van der Waals surface area contributed by atoms with Gasteiger partial charge in [-0.15, -0.1) is 0 Å². The Morgan fingerprint density at radius 2 is 1.55 bits per heavy atom. The number of aromatic nitrogens is 1. The molecule has 0 bridgehead atoms. The molecule has 2 aromatic rings. The molecule has 0 saturated carbocycles. The van der Waals surface area contributed by atoms with Gasteiger partial charge in [0.15, 0.2) is 17.4 Å². The van der Waals surface area contributed by atoms with Gasteiger partial charge in [-0.25, -0.2) is 0 Å². The molecule has 3 N–H and O–H groups in total. The standard InChI is InChI=1S/C9H7NO.C4H6O4.Al.3H/c11-8-5-1-3-7-4-2-6-10-9(7)8;5-3(6)1-2-4(7)8;;;;/h1-6,11H;1-2H2,(H,5,6)(H,7,8);;;;. The lowest BCUT2D eigenvalue weighted by atomic mass is 10.2. The molecule has 0 fully saturated rings. The molecule has 0 atom stereocenters. The number of rotatable bonds is 3. The van der Waals surface area contributed by atoms with E-state index in [1.54, 1.807) is 18.3 Å². The fraction of sp³-hybridized carbons (Fsp3) is 0.154. The highest BCUT2D eigenvalue weighted by Gasteiger charge is 2.00. The summed E-state index contributed by atoms with van der Waals surface area (Å²) >= 11 is 0. The second-order valence-corrected chi connectivity index (χ2v) is 3.64. The van der Waals surface area contributed by atoms with E-state index in [2.05, 4.69) is 4.98 Å². The molecule has 0 radical (unpaired) electrons. The van der Waals surface area contributed by atoms with Gasteiger partial charge in [-0.05, 0) is 12.1 Å². The summed E-state index contributed by atoms with van der Waals surface area (Å²) < 4.78 is 0. The predicted octanol–water partition coefficient (Wildman–Crippen LogP) is 0.692. The molecule has 1 heterocycles. The van der Waals surface area contributed by atoms with Crippen LogP contribution in [0, 0.1) is 0 Å². The Morgan fingerprint density at radius 1 is 1.00 bits per heavy atom. The molecule has 1 aromatic heterocycles. The van der Waals surface area contributed by atoms with Crippen LogP contribution in [-0.4, -0.2) is 49.6 Å². The van der Waals surface area contributed by atoms with Crippen LogP contribution in [0.5, 0.6) is 5.75 Å². The monoisotopic (exact) mass is 293 g/mol. The molecule has 6 nitrogen and oxygen atoms in total. The maximum atomic E-state index is 9.64. The molecule has 20 heavy (non-hydrogen) atoms. The van der Waals surface area contributed by atoms with E-state index in [9.17, 15) is 14.7 Å². The van der Waals surface area contributed by atoms with E-state index < -0.39 is 11.9 Å². The van der Waals surface area contributed by atoms with Gasteiger partial charge < -0.3 is 15.3 Å². The first-order chi connectivity index (χ1) is 9.00. The summed E-state index contributed by atoms with van der Waals surface area (Å²) in [5.74, 6) is -1.91. The highest BCUT2D eigenvalue weighted by molar-refractivity contribution is 5.83. The van der Waals surface area contributed by atoms with Crippen LogP contribution >= 0.6 is 0 Å². The van der Waals surface area contributed by atoms with E-state index in [1.807, 2.05) is 18.2 Å². The SMILES string of the molecule is O=C(O)CCC(=O)O.Oc1cccc2cccnc12.[AlH3]. The van der Waals surface area contributed by atoms with Gasteiger partial charge in [0, 0.05) is 11.6 Å². The molecular weight excluding hydrogens is 277 g/mol. The molecular formula is C13H16AlNO5. The van der Waals surface area contributed by atoms with Crippen molar-refractivity contribution < 1.29 is 24.9 Å². The van der Waals surface area contributed by atoms with Gasteiger partial charge in [-0.3, -0.25) is 14.6 Å². The first kappa shape index (κ1) is 17.9. The second-order valence-electron chi connectivity index (χ2n) is 3.64. The van der Waals surface area contributed by atoms with E-state index in [4.69, 9.17) is 10.2 Å². The summed E-state index contributed by atoms with van der Waals surface area (Å²) in [6, 6.07) is 9.13. The number of phenolic OH excluding ortho intramolecular Hbond substituents is 1. The maximum absolute atomic E-state index is 9.64. The van der Waals surface area contributed by atoms with Crippen molar-refractivity contribution in [3.63, 3.8) is 0 Å². The number of carbonyl (C=O) groups is 2. The number of pyridine rings is 1. The molecule has 0 saturated heterocycles. The summed E-state index contributed by atoms with van der Waals surface area (Å²) in [7, 11) is 0. The zero-order chi connectivity index (χ0) is 14.3. The zero-order valence-corrected chi connectivity index (χ0v) is 9.98. The smallest absolute Gasteiger partial charge is 0.303 e. The van der Waals surface area contributed by atoms with Crippen molar-refractivity contribution in [2.75, 3.05) is 0 Å². The number of fused-ring (bicyclic) bond motifs is 1. The summed E-state index contributed by atoms with van der Waals surface area (Å²) in [5.41, 5.74) is 0.662. The normalized spacial score (nSPS) is 9.00. The van der Waals surface area contributed by atoms with Crippen molar-refractivity contribution in [3.8, 4) is 5.75 Å². The number of phenols is 1. The minimum atomic E-state index is -1.08. The second kappa shape index (κ2) is 8.91. The first-order valence-electron chi connectivity index (χ1n) is 5.47. The number of carboxylic acids is 2. The third-order valence-electron chi connectivity index (χ3n) is 2.16. The van der Waals surface area contributed by atoms with E-state index in [1.165, 1.54) is 0 Å². The van der Waals surface area contributed by atoms with Gasteiger partial charge in [0.2, 0.25) is 0 Å². The van der Waals surface area contributed by atoms with Crippen LogP contribution in [0.25, 0.3) is 10.9 Å². The van der Waals surface area contributed by atoms with Gasteiger partial charge in [0.1, 0.15) is 11.3 Å². The van der Waals surface area contributed by atoms with Crippen molar-refractivity contribution in [2.24, 2.45) is 0 Å². The van der Waals surface area contributed by atoms with Crippen LogP contribution in [-0.2, 0) is 9.59 Å². The summed E-state index contributed by atoms with van der Waals surface area (Å²) in [4.78, 5) is 23.3. The molecule has 0 unspecified atom stereocenters. The van der Waals surface area contributed by atoms with E-state index in [0.29, 0.717) is 5.52 Å². The highest BCUT2D eigenvalue weighted by Crippen LogP contribution is 2.20. The lowest BCUT2D eigenvalue weighted by Gasteiger charge is -1.96. The van der Waals surface area contributed by atoms with Crippen LogP contribution in [0.15, 0.2) is 36.5 Å². The van der Waals surface area contributed by atoms with Crippen molar-refractivity contribution in [1.29, 1.82) is 0 Å². The minimum absolute atomic E-state index is 0. The fourth-order valence-electron chi connectivity index (χ4n) is 1.30. The third-order valence-corrected chi connectivity index (χ3v) is 2.16. The molecule has 7 heteroatoms. The number of hydrogen-bond acceptors (Lipinski definition) is 4. The first-order valence-corrected chi connectivity index (χ1v) is 5.47. The van der Waals surface area contributed by atoms with Gasteiger partial charge in [-0.2, -0.15) is 0 Å². The summed E-state index contributed by atoms with van der Waals surface area (Å²) in [5, 5.41) is 26.1. The Bertz CT molecular complexity index is 568. The molecule has 0 spiro atoms. The maximum Gasteiger partial charge on any atom is 0.303 e. The molecule has 2 rings (SSSR count). The third kappa shape index (κ3) is 6.18. The number of aliphatic carboxylic acids is 2. The topological polar surface area (TPSA) is 108 Å².